The highest BCUT2D eigenvalue weighted by Gasteiger charge is 2.41. The van der Waals surface area contributed by atoms with Crippen molar-refractivity contribution in [3.63, 3.8) is 0 Å². The van der Waals surface area contributed by atoms with Crippen LogP contribution in [0.3, 0.4) is 0 Å². The van der Waals surface area contributed by atoms with Gasteiger partial charge in [0.1, 0.15) is 11.6 Å². The van der Waals surface area contributed by atoms with Crippen molar-refractivity contribution < 1.29 is 14.2 Å². The summed E-state index contributed by atoms with van der Waals surface area (Å²) in [7, 11) is 1.72. The summed E-state index contributed by atoms with van der Waals surface area (Å²) >= 11 is 0. The molecule has 1 aromatic rings. The Bertz CT molecular complexity index is 405. The number of benzene rings is 1. The second kappa shape index (κ2) is 5.67. The van der Waals surface area contributed by atoms with E-state index in [0.717, 1.165) is 19.6 Å². The van der Waals surface area contributed by atoms with Crippen LogP contribution in [0.4, 0.5) is 4.39 Å². The summed E-state index contributed by atoms with van der Waals surface area (Å²) in [6.45, 7) is 2.18. The molecule has 0 aromatic heterocycles. The quantitative estimate of drug-likeness (QED) is 0.784. The predicted molar refractivity (Wildman–Crippen MR) is 67.9 cm³/mol. The van der Waals surface area contributed by atoms with E-state index >= 15 is 0 Å². The van der Waals surface area contributed by atoms with E-state index < -0.39 is 0 Å². The van der Waals surface area contributed by atoms with Crippen molar-refractivity contribution >= 4 is 0 Å². The summed E-state index contributed by atoms with van der Waals surface area (Å²) in [4.78, 5) is 0. The summed E-state index contributed by atoms with van der Waals surface area (Å²) in [5, 5.41) is 12.9. The maximum absolute atomic E-state index is 13.0. The fraction of sp³-hybridized carbons (Fsp3) is 0.571. The fourth-order valence-electron chi connectivity index (χ4n) is 2.17. The molecule has 0 amide bonds. The molecule has 1 aromatic carbocycles. The van der Waals surface area contributed by atoms with E-state index in [-0.39, 0.29) is 11.6 Å². The second-order valence-corrected chi connectivity index (χ2v) is 5.12. The zero-order valence-electron chi connectivity index (χ0n) is 10.7. The molecule has 100 valence electrons. The summed E-state index contributed by atoms with van der Waals surface area (Å²) in [5.74, 6) is -0.171. The van der Waals surface area contributed by atoms with Crippen molar-refractivity contribution in [3.8, 4) is 5.75 Å². The molecular formula is C14H20FNO2. The number of methoxy groups -OCH3 is 1. The highest BCUT2D eigenvalue weighted by molar-refractivity contribution is 5.32. The average molecular weight is 253 g/mol. The molecule has 3 nitrogen and oxygen atoms in total. The highest BCUT2D eigenvalue weighted by atomic mass is 19.1. The number of phenolic OH excluding ortho intramolecular Hbond substituents is 1. The van der Waals surface area contributed by atoms with Crippen molar-refractivity contribution in [1.29, 1.82) is 0 Å². The van der Waals surface area contributed by atoms with Gasteiger partial charge in [-0.3, -0.25) is 0 Å². The van der Waals surface area contributed by atoms with Gasteiger partial charge in [-0.25, -0.2) is 4.39 Å². The SMILES string of the molecule is COCCC1(CNCc2cc(F)ccc2O)CC1. The first-order valence-electron chi connectivity index (χ1n) is 6.32. The van der Waals surface area contributed by atoms with Crippen molar-refractivity contribution in [1.82, 2.24) is 5.32 Å². The van der Waals surface area contributed by atoms with Gasteiger partial charge in [-0.05, 0) is 42.9 Å². The van der Waals surface area contributed by atoms with Crippen LogP contribution >= 0.6 is 0 Å². The molecule has 2 rings (SSSR count). The van der Waals surface area contributed by atoms with Crippen LogP contribution in [-0.2, 0) is 11.3 Å². The third-order valence-corrected chi connectivity index (χ3v) is 3.65. The van der Waals surface area contributed by atoms with E-state index in [9.17, 15) is 9.50 Å². The number of hydrogen-bond acceptors (Lipinski definition) is 3. The van der Waals surface area contributed by atoms with Crippen molar-refractivity contribution in [2.75, 3.05) is 20.3 Å². The van der Waals surface area contributed by atoms with Gasteiger partial charge in [0.2, 0.25) is 0 Å². The Balaban J connectivity index is 1.80. The number of rotatable bonds is 7. The lowest BCUT2D eigenvalue weighted by molar-refractivity contribution is 0.171. The molecule has 0 atom stereocenters. The highest BCUT2D eigenvalue weighted by Crippen LogP contribution is 2.48. The number of phenols is 1. The van der Waals surface area contributed by atoms with Gasteiger partial charge in [0.25, 0.3) is 0 Å². The average Bonchev–Trinajstić information content (AvgIpc) is 3.12. The molecule has 2 N–H and O–H groups in total. The fourth-order valence-corrected chi connectivity index (χ4v) is 2.17. The molecule has 1 fully saturated rings. The zero-order valence-corrected chi connectivity index (χ0v) is 10.7. The molecule has 0 bridgehead atoms. The van der Waals surface area contributed by atoms with E-state index in [1.165, 1.54) is 31.0 Å². The molecule has 1 saturated carbocycles. The Hall–Kier alpha value is -1.13. The van der Waals surface area contributed by atoms with Crippen LogP contribution in [0.15, 0.2) is 18.2 Å². The lowest BCUT2D eigenvalue weighted by Crippen LogP contribution is -2.24. The minimum Gasteiger partial charge on any atom is -0.508 e. The number of aromatic hydroxyl groups is 1. The molecule has 0 saturated heterocycles. The number of ether oxygens (including phenoxy) is 1. The van der Waals surface area contributed by atoms with Gasteiger partial charge < -0.3 is 15.2 Å². The van der Waals surface area contributed by atoms with Crippen molar-refractivity contribution in [2.45, 2.75) is 25.8 Å². The maximum atomic E-state index is 13.0. The Labute approximate surface area is 107 Å². The summed E-state index contributed by atoms with van der Waals surface area (Å²) < 4.78 is 18.1. The van der Waals surface area contributed by atoms with Crippen LogP contribution < -0.4 is 5.32 Å². The lowest BCUT2D eigenvalue weighted by Gasteiger charge is -2.15. The standard InChI is InChI=1S/C14H20FNO2/c1-18-7-6-14(4-5-14)10-16-9-11-8-12(15)2-3-13(11)17/h2-3,8,16-17H,4-7,9-10H2,1H3. The van der Waals surface area contributed by atoms with Gasteiger partial charge in [0.15, 0.2) is 0 Å². The minimum absolute atomic E-state index is 0.144. The number of nitrogens with one attached hydrogen (secondary N) is 1. The monoisotopic (exact) mass is 253 g/mol. The van der Waals surface area contributed by atoms with Crippen LogP contribution in [0.5, 0.6) is 5.75 Å². The van der Waals surface area contributed by atoms with Gasteiger partial charge in [-0.1, -0.05) is 0 Å². The Morgan fingerprint density at radius 1 is 1.44 bits per heavy atom. The normalized spacial score (nSPS) is 16.8. The van der Waals surface area contributed by atoms with Gasteiger partial charge >= 0.3 is 0 Å². The lowest BCUT2D eigenvalue weighted by atomic mass is 10.0. The molecule has 1 aliphatic rings. The molecule has 18 heavy (non-hydrogen) atoms. The Morgan fingerprint density at radius 2 is 2.22 bits per heavy atom. The van der Waals surface area contributed by atoms with Gasteiger partial charge in [0, 0.05) is 32.4 Å². The minimum atomic E-state index is -0.315. The Morgan fingerprint density at radius 3 is 2.89 bits per heavy atom. The molecule has 0 radical (unpaired) electrons. The largest absolute Gasteiger partial charge is 0.508 e. The topological polar surface area (TPSA) is 41.5 Å². The van der Waals surface area contributed by atoms with E-state index in [4.69, 9.17) is 4.74 Å². The van der Waals surface area contributed by atoms with Gasteiger partial charge in [0.05, 0.1) is 0 Å². The van der Waals surface area contributed by atoms with Gasteiger partial charge in [-0.15, -0.1) is 0 Å². The smallest absolute Gasteiger partial charge is 0.123 e. The summed E-state index contributed by atoms with van der Waals surface area (Å²) in [6, 6.07) is 4.03. The summed E-state index contributed by atoms with van der Waals surface area (Å²) in [6.07, 6.45) is 3.50. The summed E-state index contributed by atoms with van der Waals surface area (Å²) in [5.41, 5.74) is 0.969. The van der Waals surface area contributed by atoms with Crippen LogP contribution in [0.25, 0.3) is 0 Å². The second-order valence-electron chi connectivity index (χ2n) is 5.12. The van der Waals surface area contributed by atoms with Gasteiger partial charge in [-0.2, -0.15) is 0 Å². The Kier molecular flexibility index (Phi) is 4.19. The van der Waals surface area contributed by atoms with Crippen molar-refractivity contribution in [2.24, 2.45) is 5.41 Å². The van der Waals surface area contributed by atoms with Crippen LogP contribution in [0, 0.1) is 11.2 Å². The number of hydrogen-bond donors (Lipinski definition) is 2. The first kappa shape index (κ1) is 13.3. The van der Waals surface area contributed by atoms with E-state index in [2.05, 4.69) is 5.32 Å². The van der Waals surface area contributed by atoms with Crippen LogP contribution in [-0.4, -0.2) is 25.4 Å². The number of halogens is 1. The first-order chi connectivity index (χ1) is 8.65. The van der Waals surface area contributed by atoms with Crippen molar-refractivity contribution in [3.05, 3.63) is 29.6 Å². The molecular weight excluding hydrogens is 233 g/mol. The first-order valence-corrected chi connectivity index (χ1v) is 6.32. The molecule has 0 aliphatic heterocycles. The third kappa shape index (κ3) is 3.43. The molecule has 4 heteroatoms. The van der Waals surface area contributed by atoms with Crippen LogP contribution in [0.2, 0.25) is 0 Å². The third-order valence-electron chi connectivity index (χ3n) is 3.65. The zero-order chi connectivity index (χ0) is 13.0. The van der Waals surface area contributed by atoms with E-state index in [1.54, 1.807) is 7.11 Å². The van der Waals surface area contributed by atoms with E-state index in [1.807, 2.05) is 0 Å². The van der Waals surface area contributed by atoms with E-state index in [0.29, 0.717) is 17.5 Å². The molecule has 0 spiro atoms. The maximum Gasteiger partial charge on any atom is 0.123 e. The molecule has 1 aliphatic carbocycles. The molecule has 0 heterocycles. The van der Waals surface area contributed by atoms with Crippen LogP contribution in [0.1, 0.15) is 24.8 Å². The predicted octanol–water partition coefficient (Wildman–Crippen LogP) is 2.44. The molecule has 0 unspecified atom stereocenters.